The summed E-state index contributed by atoms with van der Waals surface area (Å²) in [5.41, 5.74) is 3.98. The third-order valence-corrected chi connectivity index (χ3v) is 4.90. The lowest BCUT2D eigenvalue weighted by Crippen LogP contribution is -2.47. The zero-order valence-corrected chi connectivity index (χ0v) is 16.6. The predicted molar refractivity (Wildman–Crippen MR) is 112 cm³/mol. The maximum atomic E-state index is 9.29. The summed E-state index contributed by atoms with van der Waals surface area (Å²) in [6, 6.07) is 14.3. The number of aryl methyl sites for hydroxylation is 1. The van der Waals surface area contributed by atoms with Crippen molar-refractivity contribution in [3.05, 3.63) is 59.3 Å². The molecule has 2 heterocycles. The maximum Gasteiger partial charge on any atom is 0.146 e. The van der Waals surface area contributed by atoms with Crippen LogP contribution in [-0.2, 0) is 4.84 Å². The molecule has 6 heteroatoms. The summed E-state index contributed by atoms with van der Waals surface area (Å²) in [5.74, 6) is 0.794. The Morgan fingerprint density at radius 1 is 1.21 bits per heavy atom. The molecule has 0 radical (unpaired) electrons. The molecule has 0 N–H and O–H groups in total. The molecule has 1 aliphatic rings. The Labute approximate surface area is 167 Å². The minimum absolute atomic E-state index is 0.569. The van der Waals surface area contributed by atoms with Gasteiger partial charge in [-0.2, -0.15) is 5.26 Å². The molecule has 0 amide bonds. The molecule has 0 atom stereocenters. The van der Waals surface area contributed by atoms with Crippen LogP contribution in [0.1, 0.15) is 30.0 Å². The molecule has 1 fully saturated rings. The topological polar surface area (TPSA) is 64.8 Å². The van der Waals surface area contributed by atoms with Crippen LogP contribution in [-0.4, -0.2) is 54.9 Å². The Balaban J connectivity index is 1.58. The first-order chi connectivity index (χ1) is 13.7. The molecule has 0 unspecified atom stereocenters. The van der Waals surface area contributed by atoms with Crippen LogP contribution in [0.4, 0.5) is 5.82 Å². The van der Waals surface area contributed by atoms with Gasteiger partial charge in [0, 0.05) is 45.3 Å². The molecular formula is C22H27N5O. The highest BCUT2D eigenvalue weighted by Gasteiger charge is 2.20. The van der Waals surface area contributed by atoms with Crippen molar-refractivity contribution in [2.75, 3.05) is 44.2 Å². The molecule has 2 aromatic rings. The van der Waals surface area contributed by atoms with Crippen molar-refractivity contribution in [3.8, 4) is 6.07 Å². The van der Waals surface area contributed by atoms with E-state index in [0.717, 1.165) is 56.2 Å². The van der Waals surface area contributed by atoms with E-state index in [1.165, 1.54) is 5.56 Å². The lowest BCUT2D eigenvalue weighted by Gasteiger charge is -2.35. The van der Waals surface area contributed by atoms with Crippen LogP contribution in [0.2, 0.25) is 0 Å². The van der Waals surface area contributed by atoms with E-state index in [0.29, 0.717) is 12.2 Å². The molecule has 146 valence electrons. The average molecular weight is 377 g/mol. The molecule has 0 saturated carbocycles. The molecule has 1 aromatic heterocycles. The van der Waals surface area contributed by atoms with Gasteiger partial charge < -0.3 is 9.74 Å². The van der Waals surface area contributed by atoms with Crippen molar-refractivity contribution >= 4 is 11.5 Å². The number of aromatic nitrogens is 1. The lowest BCUT2D eigenvalue weighted by atomic mass is 10.0. The summed E-state index contributed by atoms with van der Waals surface area (Å²) in [4.78, 5) is 14.4. The summed E-state index contributed by atoms with van der Waals surface area (Å²) < 4.78 is 0. The molecule has 3 rings (SSSR count). The molecule has 1 aliphatic heterocycles. The highest BCUT2D eigenvalue weighted by atomic mass is 16.6. The molecular weight excluding hydrogens is 350 g/mol. The zero-order valence-electron chi connectivity index (χ0n) is 16.6. The Hall–Kier alpha value is -2.91. The lowest BCUT2D eigenvalue weighted by molar-refractivity contribution is 0.157. The van der Waals surface area contributed by atoms with E-state index in [1.54, 1.807) is 6.20 Å². The summed E-state index contributed by atoms with van der Waals surface area (Å²) in [6.07, 6.45) is 2.59. The second-order valence-electron chi connectivity index (χ2n) is 6.89. The van der Waals surface area contributed by atoms with Crippen molar-refractivity contribution in [2.45, 2.75) is 20.3 Å². The van der Waals surface area contributed by atoms with E-state index in [4.69, 9.17) is 4.84 Å². The highest BCUT2D eigenvalue weighted by molar-refractivity contribution is 6.00. The maximum absolute atomic E-state index is 9.29. The fraction of sp³-hybridized carbons (Fsp3) is 0.409. The summed E-state index contributed by atoms with van der Waals surface area (Å²) >= 11 is 0. The third kappa shape index (κ3) is 5.08. The fourth-order valence-corrected chi connectivity index (χ4v) is 3.39. The smallest absolute Gasteiger partial charge is 0.146 e. The van der Waals surface area contributed by atoms with E-state index >= 15 is 0 Å². The van der Waals surface area contributed by atoms with Crippen LogP contribution in [0, 0.1) is 18.3 Å². The van der Waals surface area contributed by atoms with Gasteiger partial charge >= 0.3 is 0 Å². The third-order valence-electron chi connectivity index (χ3n) is 4.90. The number of nitrogens with zero attached hydrogens (tertiary/aromatic N) is 5. The minimum Gasteiger partial charge on any atom is -0.396 e. The molecule has 0 aliphatic carbocycles. The SMILES string of the molecule is CCO/N=C(\CCN1CCN(c2ncccc2C#N)CC1)c1cccc(C)c1. The number of piperazine rings is 1. The van der Waals surface area contributed by atoms with Crippen LogP contribution >= 0.6 is 0 Å². The van der Waals surface area contributed by atoms with E-state index in [2.05, 4.69) is 57.2 Å². The zero-order chi connectivity index (χ0) is 19.8. The minimum atomic E-state index is 0.569. The predicted octanol–water partition coefficient (Wildman–Crippen LogP) is 3.21. The molecule has 0 bridgehead atoms. The molecule has 6 nitrogen and oxygen atoms in total. The Kier molecular flexibility index (Phi) is 6.99. The van der Waals surface area contributed by atoms with Gasteiger partial charge in [-0.25, -0.2) is 4.98 Å². The molecule has 28 heavy (non-hydrogen) atoms. The van der Waals surface area contributed by atoms with E-state index in [-0.39, 0.29) is 0 Å². The first-order valence-electron chi connectivity index (χ1n) is 9.79. The first kappa shape index (κ1) is 19.8. The second kappa shape index (κ2) is 9.86. The number of nitriles is 1. The van der Waals surface area contributed by atoms with Crippen molar-refractivity contribution in [1.82, 2.24) is 9.88 Å². The average Bonchev–Trinajstić information content (AvgIpc) is 2.74. The number of hydrogen-bond donors (Lipinski definition) is 0. The number of rotatable bonds is 7. The summed E-state index contributed by atoms with van der Waals surface area (Å²) in [6.45, 7) is 9.16. The summed E-state index contributed by atoms with van der Waals surface area (Å²) in [5, 5.41) is 13.6. The van der Waals surface area contributed by atoms with Crippen molar-refractivity contribution < 1.29 is 4.84 Å². The number of hydrogen-bond acceptors (Lipinski definition) is 6. The normalized spacial score (nSPS) is 15.3. The van der Waals surface area contributed by atoms with Crippen LogP contribution in [0.3, 0.4) is 0 Å². The van der Waals surface area contributed by atoms with Gasteiger partial charge in [0.05, 0.1) is 11.3 Å². The highest BCUT2D eigenvalue weighted by Crippen LogP contribution is 2.18. The van der Waals surface area contributed by atoms with Crippen LogP contribution in [0.5, 0.6) is 0 Å². The summed E-state index contributed by atoms with van der Waals surface area (Å²) in [7, 11) is 0. The van der Waals surface area contributed by atoms with Gasteiger partial charge in [0.15, 0.2) is 0 Å². The molecule has 0 spiro atoms. The Bertz CT molecular complexity index is 850. The fourth-order valence-electron chi connectivity index (χ4n) is 3.39. The van der Waals surface area contributed by atoms with Crippen molar-refractivity contribution in [2.24, 2.45) is 5.16 Å². The quantitative estimate of drug-likeness (QED) is 0.548. The van der Waals surface area contributed by atoms with Gasteiger partial charge in [-0.15, -0.1) is 0 Å². The first-order valence-corrected chi connectivity index (χ1v) is 9.79. The number of benzene rings is 1. The number of anilines is 1. The second-order valence-corrected chi connectivity index (χ2v) is 6.89. The van der Waals surface area contributed by atoms with Gasteiger partial charge in [-0.3, -0.25) is 4.90 Å². The van der Waals surface area contributed by atoms with E-state index < -0.39 is 0 Å². The van der Waals surface area contributed by atoms with Crippen molar-refractivity contribution in [1.29, 1.82) is 5.26 Å². The van der Waals surface area contributed by atoms with Crippen LogP contribution in [0.15, 0.2) is 47.8 Å². The van der Waals surface area contributed by atoms with Crippen molar-refractivity contribution in [3.63, 3.8) is 0 Å². The largest absolute Gasteiger partial charge is 0.396 e. The number of pyridine rings is 1. The number of oxime groups is 1. The van der Waals surface area contributed by atoms with Gasteiger partial charge in [0.25, 0.3) is 0 Å². The standard InChI is InChI=1S/C22H27N5O/c1-3-28-25-21(19-7-4-6-18(2)16-19)9-11-26-12-14-27(15-13-26)22-20(17-23)8-5-10-24-22/h4-8,10,16H,3,9,11-15H2,1-2H3/b25-21+. The molecule has 1 saturated heterocycles. The van der Waals surface area contributed by atoms with E-state index in [9.17, 15) is 5.26 Å². The van der Waals surface area contributed by atoms with Gasteiger partial charge in [-0.05, 0) is 31.5 Å². The Morgan fingerprint density at radius 3 is 2.75 bits per heavy atom. The molecule has 1 aromatic carbocycles. The van der Waals surface area contributed by atoms with Gasteiger partial charge in [0.2, 0.25) is 0 Å². The van der Waals surface area contributed by atoms with Gasteiger partial charge in [-0.1, -0.05) is 35.0 Å². The van der Waals surface area contributed by atoms with E-state index in [1.807, 2.05) is 19.1 Å². The Morgan fingerprint density at radius 2 is 2.04 bits per heavy atom. The monoisotopic (exact) mass is 377 g/mol. The van der Waals surface area contributed by atoms with Crippen LogP contribution in [0.25, 0.3) is 0 Å². The van der Waals surface area contributed by atoms with Gasteiger partial charge in [0.1, 0.15) is 18.5 Å². The van der Waals surface area contributed by atoms with Crippen LogP contribution < -0.4 is 4.90 Å².